The molecule has 7 aliphatic heterocycles. The fraction of sp³-hybridized carbons (Fsp3) is 0.413. The first-order valence-electron chi connectivity index (χ1n) is 22.0. The Balaban J connectivity index is 0.722. The number of nitrogens with zero attached hydrogens (tertiary/aromatic N) is 6. The first-order chi connectivity index (χ1) is 31.4. The summed E-state index contributed by atoms with van der Waals surface area (Å²) in [4.78, 5) is 80.6. The van der Waals surface area contributed by atoms with E-state index in [1.165, 1.54) is 30.6 Å². The Morgan fingerprint density at radius 1 is 0.954 bits per heavy atom. The number of benzene rings is 3. The molecule has 65 heavy (non-hydrogen) atoms. The van der Waals surface area contributed by atoms with Crippen LogP contribution in [0.2, 0.25) is 5.02 Å². The molecule has 11 rings (SSSR count). The van der Waals surface area contributed by atoms with Gasteiger partial charge in [-0.3, -0.25) is 44.0 Å². The van der Waals surface area contributed by atoms with Crippen LogP contribution in [0.1, 0.15) is 59.2 Å². The Kier molecular flexibility index (Phi) is 11.7. The average Bonchev–Trinajstić information content (AvgIpc) is 3.89. The van der Waals surface area contributed by atoms with Crippen LogP contribution in [-0.4, -0.2) is 131 Å². The Labute approximate surface area is 377 Å². The van der Waals surface area contributed by atoms with Crippen LogP contribution in [0.15, 0.2) is 60.9 Å². The first-order valence-corrected chi connectivity index (χ1v) is 22.3. The number of amides is 5. The maximum absolute atomic E-state index is 15.6. The van der Waals surface area contributed by atoms with Gasteiger partial charge in [0.05, 0.1) is 46.3 Å². The number of anilines is 4. The summed E-state index contributed by atoms with van der Waals surface area (Å²) < 4.78 is 41.2. The van der Waals surface area contributed by atoms with Crippen LogP contribution < -0.4 is 25.6 Å². The van der Waals surface area contributed by atoms with Gasteiger partial charge in [-0.05, 0) is 81.1 Å². The molecular weight excluding hydrogens is 864 g/mol. The highest BCUT2D eigenvalue weighted by atomic mass is 35.5. The predicted molar refractivity (Wildman–Crippen MR) is 235 cm³/mol. The van der Waals surface area contributed by atoms with Gasteiger partial charge in [-0.1, -0.05) is 17.7 Å². The topological polar surface area (TPSA) is 179 Å². The van der Waals surface area contributed by atoms with E-state index in [2.05, 4.69) is 35.7 Å². The van der Waals surface area contributed by atoms with Gasteiger partial charge in [0, 0.05) is 74.3 Å². The van der Waals surface area contributed by atoms with Gasteiger partial charge < -0.3 is 25.0 Å². The van der Waals surface area contributed by atoms with Crippen LogP contribution in [0.25, 0.3) is 10.9 Å². The van der Waals surface area contributed by atoms with Crippen molar-refractivity contribution in [2.75, 3.05) is 68.0 Å². The number of likely N-dealkylation sites (tertiary alicyclic amines) is 1. The lowest BCUT2D eigenvalue weighted by molar-refractivity contribution is -0.136. The zero-order valence-electron chi connectivity index (χ0n) is 35.2. The van der Waals surface area contributed by atoms with Crippen molar-refractivity contribution in [3.05, 3.63) is 88.7 Å². The Hall–Kier alpha value is -6.08. The summed E-state index contributed by atoms with van der Waals surface area (Å²) in [6.45, 7) is 5.53. The molecule has 3 unspecified atom stereocenters. The van der Waals surface area contributed by atoms with Gasteiger partial charge in [0.15, 0.2) is 0 Å². The van der Waals surface area contributed by atoms with E-state index in [9.17, 15) is 28.4 Å². The summed E-state index contributed by atoms with van der Waals surface area (Å²) in [6.07, 6.45) is 8.39. The van der Waals surface area contributed by atoms with Crippen molar-refractivity contribution in [2.24, 2.45) is 5.92 Å². The standard InChI is InChI=1S/C46H46ClF2N9O7/c47-33-14-26(3-4-34(33)48)52-43-32-17-37(40(19-36(32)50-24-51-43)65-29-9-13-64-23-29)53-41(59)2-1-10-55-11-7-25(8-12-55)20-57-27-15-28(57)22-56(21-27)39-18-31-30(16-35(39)49)45(62)58(46(31)63)38-5-6-42(60)54-44(38)61/h1-4,14,16-19,24-25,27-29,38H,5-13,15,20-23H2,(H,53,59)(H,50,51,52)(H,54,60,61)/b2-1+/t27?,28?,29-,38?/m0/s1. The quantitative estimate of drug-likeness (QED) is 0.127. The summed E-state index contributed by atoms with van der Waals surface area (Å²) >= 11 is 6.02. The molecule has 16 nitrogen and oxygen atoms in total. The molecule has 6 fully saturated rings. The van der Waals surface area contributed by atoms with Crippen LogP contribution >= 0.6 is 11.6 Å². The minimum atomic E-state index is -1.11. The summed E-state index contributed by atoms with van der Waals surface area (Å²) in [5.41, 5.74) is 1.82. The lowest BCUT2D eigenvalue weighted by Crippen LogP contribution is -2.69. The maximum atomic E-state index is 15.6. The van der Waals surface area contributed by atoms with Crippen molar-refractivity contribution in [3.8, 4) is 5.75 Å². The molecule has 6 saturated heterocycles. The van der Waals surface area contributed by atoms with E-state index in [1.54, 1.807) is 18.2 Å². The van der Waals surface area contributed by atoms with Gasteiger partial charge in [0.2, 0.25) is 17.7 Å². The molecule has 2 bridgehead atoms. The van der Waals surface area contributed by atoms with Gasteiger partial charge in [0.25, 0.3) is 11.8 Å². The minimum Gasteiger partial charge on any atom is -0.486 e. The largest absolute Gasteiger partial charge is 0.486 e. The van der Waals surface area contributed by atoms with E-state index in [-0.39, 0.29) is 58.8 Å². The molecule has 7 aliphatic rings. The molecule has 0 radical (unpaired) electrons. The number of fused-ring (bicyclic) bond motifs is 4. The molecule has 19 heteroatoms. The van der Waals surface area contributed by atoms with Crippen molar-refractivity contribution in [2.45, 2.75) is 62.8 Å². The summed E-state index contributed by atoms with van der Waals surface area (Å²) in [6, 6.07) is 9.71. The van der Waals surface area contributed by atoms with Crippen molar-refractivity contribution < 1.29 is 42.2 Å². The number of aromatic nitrogens is 2. The fourth-order valence-electron chi connectivity index (χ4n) is 9.91. The number of hydrogen-bond donors (Lipinski definition) is 3. The molecule has 5 amide bonds. The predicted octanol–water partition coefficient (Wildman–Crippen LogP) is 5.04. The van der Waals surface area contributed by atoms with E-state index in [4.69, 9.17) is 21.1 Å². The molecule has 4 aromatic rings. The van der Waals surface area contributed by atoms with Crippen LogP contribution in [0, 0.1) is 17.6 Å². The highest BCUT2D eigenvalue weighted by Crippen LogP contribution is 2.40. The number of piperazine rings is 1. The Morgan fingerprint density at radius 3 is 2.48 bits per heavy atom. The van der Waals surface area contributed by atoms with Gasteiger partial charge >= 0.3 is 0 Å². The SMILES string of the molecule is O=C(/C=C/CN1CCC(CN2C3CC2CN(c2cc4c(cc2F)C(=O)N(C2CCC(=O)NC2=O)C4=O)C3)CC1)Nc1cc2c(Nc3ccc(F)c(Cl)c3)ncnc2cc1O[C@H]1CCOC1. The van der Waals surface area contributed by atoms with Crippen LogP contribution in [0.5, 0.6) is 5.75 Å². The minimum absolute atomic E-state index is 0.00870. The van der Waals surface area contributed by atoms with Gasteiger partial charge in [-0.15, -0.1) is 0 Å². The van der Waals surface area contributed by atoms with E-state index in [0.29, 0.717) is 79.0 Å². The van der Waals surface area contributed by atoms with Gasteiger partial charge in [-0.2, -0.15) is 0 Å². The number of ether oxygens (including phenoxy) is 2. The molecule has 338 valence electrons. The third kappa shape index (κ3) is 8.62. The normalized spacial score (nSPS) is 23.9. The molecule has 4 atom stereocenters. The van der Waals surface area contributed by atoms with Crippen molar-refractivity contribution in [3.63, 3.8) is 0 Å². The summed E-state index contributed by atoms with van der Waals surface area (Å²) in [5.74, 6) is -2.60. The van der Waals surface area contributed by atoms with E-state index >= 15 is 4.39 Å². The maximum Gasteiger partial charge on any atom is 0.262 e. The number of carbonyl (C=O) groups is 5. The second-order valence-electron chi connectivity index (χ2n) is 17.5. The molecule has 0 spiro atoms. The second-order valence-corrected chi connectivity index (χ2v) is 17.9. The van der Waals surface area contributed by atoms with Crippen LogP contribution in [-0.2, 0) is 19.1 Å². The zero-order valence-corrected chi connectivity index (χ0v) is 36.0. The third-order valence-electron chi connectivity index (χ3n) is 13.4. The van der Waals surface area contributed by atoms with Gasteiger partial charge in [0.1, 0.15) is 41.7 Å². The average molecular weight is 910 g/mol. The highest BCUT2D eigenvalue weighted by Gasteiger charge is 2.48. The fourth-order valence-corrected chi connectivity index (χ4v) is 10.1. The van der Waals surface area contributed by atoms with E-state index in [1.807, 2.05) is 11.0 Å². The smallest absolute Gasteiger partial charge is 0.262 e. The Morgan fingerprint density at radius 2 is 1.74 bits per heavy atom. The number of carbonyl (C=O) groups excluding carboxylic acids is 5. The molecule has 3 aromatic carbocycles. The van der Waals surface area contributed by atoms with Crippen LogP contribution in [0.3, 0.4) is 0 Å². The molecule has 3 N–H and O–H groups in total. The van der Waals surface area contributed by atoms with Crippen molar-refractivity contribution in [1.82, 2.24) is 30.0 Å². The zero-order chi connectivity index (χ0) is 44.9. The highest BCUT2D eigenvalue weighted by molar-refractivity contribution is 6.31. The monoisotopic (exact) mass is 909 g/mol. The van der Waals surface area contributed by atoms with Gasteiger partial charge in [-0.25, -0.2) is 18.7 Å². The van der Waals surface area contributed by atoms with Crippen LogP contribution in [0.4, 0.5) is 31.7 Å². The van der Waals surface area contributed by atoms with E-state index < -0.39 is 41.3 Å². The lowest BCUT2D eigenvalue weighted by atomic mass is 9.84. The number of halogens is 3. The molecule has 8 heterocycles. The second kappa shape index (κ2) is 17.7. The third-order valence-corrected chi connectivity index (χ3v) is 13.6. The lowest BCUT2D eigenvalue weighted by Gasteiger charge is -2.58. The number of rotatable bonds is 12. The Bertz CT molecular complexity index is 2630. The summed E-state index contributed by atoms with van der Waals surface area (Å²) in [5, 5.41) is 8.91. The molecule has 0 aliphatic carbocycles. The van der Waals surface area contributed by atoms with E-state index in [0.717, 1.165) is 49.9 Å². The molecule has 1 aromatic heterocycles. The van der Waals surface area contributed by atoms with Crippen molar-refractivity contribution >= 4 is 74.9 Å². The summed E-state index contributed by atoms with van der Waals surface area (Å²) in [7, 11) is 0. The van der Waals surface area contributed by atoms with Crippen molar-refractivity contribution in [1.29, 1.82) is 0 Å². The molecule has 0 saturated carbocycles. The molecular formula is C46H46ClF2N9O7. The number of hydrogen-bond acceptors (Lipinski definition) is 13. The first kappa shape index (κ1) is 42.8. The number of nitrogens with one attached hydrogen (secondary N) is 3. The number of piperidine rings is 3. The number of imide groups is 2.